The van der Waals surface area contributed by atoms with Gasteiger partial charge in [0.25, 0.3) is 0 Å². The van der Waals surface area contributed by atoms with Gasteiger partial charge in [0, 0.05) is 11.4 Å². The van der Waals surface area contributed by atoms with E-state index >= 15 is 0 Å². The summed E-state index contributed by atoms with van der Waals surface area (Å²) in [5.41, 5.74) is 1.19. The Labute approximate surface area is 107 Å². The third-order valence-corrected chi connectivity index (χ3v) is 3.61. The van der Waals surface area contributed by atoms with E-state index in [9.17, 15) is 0 Å². The van der Waals surface area contributed by atoms with Crippen molar-refractivity contribution in [3.8, 4) is 0 Å². The Hall–Kier alpha value is -0.550. The molecule has 0 fully saturated rings. The fourth-order valence-corrected chi connectivity index (χ4v) is 2.27. The molecule has 0 saturated heterocycles. The van der Waals surface area contributed by atoms with Gasteiger partial charge in [0.15, 0.2) is 0 Å². The van der Waals surface area contributed by atoms with Gasteiger partial charge in [-0.15, -0.1) is 11.8 Å². The minimum atomic E-state index is -0.181. The molecule has 1 aromatic carbocycles. The first-order chi connectivity index (χ1) is 8.21. The second-order valence-corrected chi connectivity index (χ2v) is 5.35. The molecule has 0 bridgehead atoms. The largest absolute Gasteiger partial charge is 0.395 e. The highest BCUT2D eigenvalue weighted by Crippen LogP contribution is 2.18. The normalized spacial score (nSPS) is 11.4. The monoisotopic (exact) mass is 255 g/mol. The van der Waals surface area contributed by atoms with E-state index in [1.165, 1.54) is 10.5 Å². The number of nitrogens with zero attached hydrogens (tertiary/aromatic N) is 1. The van der Waals surface area contributed by atoms with Crippen molar-refractivity contribution < 1.29 is 10.2 Å². The first-order valence-corrected chi connectivity index (χ1v) is 6.83. The fourth-order valence-electron chi connectivity index (χ4n) is 1.61. The Balaban J connectivity index is 2.56. The van der Waals surface area contributed by atoms with Crippen molar-refractivity contribution in [2.45, 2.75) is 24.4 Å². The van der Waals surface area contributed by atoms with Crippen molar-refractivity contribution >= 4 is 11.8 Å². The van der Waals surface area contributed by atoms with Crippen LogP contribution in [0.5, 0.6) is 0 Å². The fraction of sp³-hybridized carbons (Fsp3) is 0.538. The lowest BCUT2D eigenvalue weighted by atomic mass is 10.2. The van der Waals surface area contributed by atoms with E-state index in [-0.39, 0.29) is 19.3 Å². The van der Waals surface area contributed by atoms with Gasteiger partial charge in [-0.3, -0.25) is 4.90 Å². The second-order valence-electron chi connectivity index (χ2n) is 4.01. The molecular formula is C13H21NO2S. The van der Waals surface area contributed by atoms with Crippen LogP contribution in [0.1, 0.15) is 12.5 Å². The van der Waals surface area contributed by atoms with Crippen molar-refractivity contribution in [1.82, 2.24) is 4.90 Å². The molecule has 0 aromatic heterocycles. The lowest BCUT2D eigenvalue weighted by molar-refractivity contribution is 0.0874. The van der Waals surface area contributed by atoms with E-state index < -0.39 is 0 Å². The molecule has 1 rings (SSSR count). The summed E-state index contributed by atoms with van der Waals surface area (Å²) in [4.78, 5) is 3.24. The number of hydrogen-bond donors (Lipinski definition) is 2. The Morgan fingerprint density at radius 2 is 1.76 bits per heavy atom. The predicted octanol–water partition coefficient (Wildman–Crippen LogP) is 1.58. The molecule has 0 heterocycles. The minimum Gasteiger partial charge on any atom is -0.395 e. The summed E-state index contributed by atoms with van der Waals surface area (Å²) in [5.74, 6) is 1.08. The van der Waals surface area contributed by atoms with Crippen LogP contribution >= 0.6 is 11.8 Å². The highest BCUT2D eigenvalue weighted by atomic mass is 32.2. The van der Waals surface area contributed by atoms with Crippen LogP contribution < -0.4 is 0 Å². The van der Waals surface area contributed by atoms with Gasteiger partial charge in [-0.25, -0.2) is 0 Å². The maximum atomic E-state index is 9.08. The Kier molecular flexibility index (Phi) is 6.58. The van der Waals surface area contributed by atoms with Gasteiger partial charge < -0.3 is 10.2 Å². The Morgan fingerprint density at radius 1 is 1.18 bits per heavy atom. The third-order valence-electron chi connectivity index (χ3n) is 2.71. The molecule has 0 spiro atoms. The lowest BCUT2D eigenvalue weighted by Gasteiger charge is -2.24. The molecule has 17 heavy (non-hydrogen) atoms. The third kappa shape index (κ3) is 4.68. The number of benzene rings is 1. The lowest BCUT2D eigenvalue weighted by Crippen LogP contribution is -2.37. The molecule has 0 atom stereocenters. The van der Waals surface area contributed by atoms with Crippen LogP contribution in [0.4, 0.5) is 0 Å². The average Bonchev–Trinajstić information content (AvgIpc) is 2.33. The van der Waals surface area contributed by atoms with Crippen molar-refractivity contribution in [1.29, 1.82) is 0 Å². The van der Waals surface area contributed by atoms with E-state index in [2.05, 4.69) is 31.2 Å². The first-order valence-electron chi connectivity index (χ1n) is 5.85. The molecular weight excluding hydrogens is 234 g/mol. The number of hydrogen-bond acceptors (Lipinski definition) is 4. The molecule has 3 nitrogen and oxygen atoms in total. The number of aliphatic hydroxyl groups is 2. The van der Waals surface area contributed by atoms with Crippen LogP contribution in [0.25, 0.3) is 0 Å². The molecule has 0 aliphatic heterocycles. The maximum absolute atomic E-state index is 9.08. The summed E-state index contributed by atoms with van der Waals surface area (Å²) in [6, 6.07) is 8.24. The van der Waals surface area contributed by atoms with E-state index in [1.54, 1.807) is 0 Å². The highest BCUT2D eigenvalue weighted by Gasteiger charge is 2.12. The van der Waals surface area contributed by atoms with Gasteiger partial charge in [0.05, 0.1) is 19.3 Å². The van der Waals surface area contributed by atoms with Gasteiger partial charge in [-0.1, -0.05) is 19.1 Å². The van der Waals surface area contributed by atoms with Crippen molar-refractivity contribution in [2.75, 3.05) is 26.0 Å². The minimum absolute atomic E-state index is 0.0171. The summed E-state index contributed by atoms with van der Waals surface area (Å²) < 4.78 is 0. The van der Waals surface area contributed by atoms with Crippen LogP contribution in [0.15, 0.2) is 29.2 Å². The van der Waals surface area contributed by atoms with Crippen LogP contribution in [0.3, 0.4) is 0 Å². The van der Waals surface area contributed by atoms with Crippen molar-refractivity contribution in [2.24, 2.45) is 0 Å². The molecule has 4 heteroatoms. The second kappa shape index (κ2) is 7.71. The van der Waals surface area contributed by atoms with Gasteiger partial charge >= 0.3 is 0 Å². The van der Waals surface area contributed by atoms with E-state index in [1.807, 2.05) is 23.7 Å². The smallest absolute Gasteiger partial charge is 0.0609 e. The van der Waals surface area contributed by atoms with Crippen molar-refractivity contribution in [3.05, 3.63) is 29.8 Å². The number of likely N-dealkylation sites (N-methyl/N-ethyl adjacent to an activating group) is 1. The average molecular weight is 255 g/mol. The zero-order chi connectivity index (χ0) is 12.7. The number of thioether (sulfide) groups is 1. The number of aliphatic hydroxyl groups excluding tert-OH is 2. The molecule has 0 radical (unpaired) electrons. The van der Waals surface area contributed by atoms with E-state index in [4.69, 9.17) is 10.2 Å². The quantitative estimate of drug-likeness (QED) is 0.726. The highest BCUT2D eigenvalue weighted by molar-refractivity contribution is 7.99. The molecule has 0 amide bonds. The molecule has 0 unspecified atom stereocenters. The van der Waals surface area contributed by atoms with Gasteiger partial charge in [-0.2, -0.15) is 0 Å². The summed E-state index contributed by atoms with van der Waals surface area (Å²) in [6.07, 6.45) is 0. The summed E-state index contributed by atoms with van der Waals surface area (Å²) >= 11 is 1.82. The SMILES string of the molecule is CCSc1ccc(CN(C)C(CO)CO)cc1. The van der Waals surface area contributed by atoms with Crippen LogP contribution in [0, 0.1) is 0 Å². The summed E-state index contributed by atoms with van der Waals surface area (Å²) in [5, 5.41) is 18.2. The topological polar surface area (TPSA) is 43.7 Å². The van der Waals surface area contributed by atoms with Crippen LogP contribution in [-0.4, -0.2) is 47.2 Å². The van der Waals surface area contributed by atoms with Gasteiger partial charge in [0.1, 0.15) is 0 Å². The molecule has 0 saturated carbocycles. The summed E-state index contributed by atoms with van der Waals surface area (Å²) in [7, 11) is 1.91. The zero-order valence-corrected chi connectivity index (χ0v) is 11.3. The standard InChI is InChI=1S/C13H21NO2S/c1-3-17-13-6-4-11(5-7-13)8-14(2)12(9-15)10-16/h4-7,12,15-16H,3,8-10H2,1-2H3. The molecule has 2 N–H and O–H groups in total. The Morgan fingerprint density at radius 3 is 2.24 bits per heavy atom. The number of rotatable bonds is 7. The first kappa shape index (κ1) is 14.5. The van der Waals surface area contributed by atoms with E-state index in [0.29, 0.717) is 0 Å². The molecule has 0 aliphatic rings. The predicted molar refractivity (Wildman–Crippen MR) is 72.3 cm³/mol. The van der Waals surface area contributed by atoms with E-state index in [0.717, 1.165) is 12.3 Å². The molecule has 1 aromatic rings. The van der Waals surface area contributed by atoms with Crippen LogP contribution in [-0.2, 0) is 6.54 Å². The molecule has 0 aliphatic carbocycles. The molecule has 96 valence electrons. The summed E-state index contributed by atoms with van der Waals surface area (Å²) in [6.45, 7) is 2.84. The maximum Gasteiger partial charge on any atom is 0.0609 e. The van der Waals surface area contributed by atoms with Crippen LogP contribution in [0.2, 0.25) is 0 Å². The zero-order valence-electron chi connectivity index (χ0n) is 10.5. The van der Waals surface area contributed by atoms with Gasteiger partial charge in [-0.05, 0) is 30.5 Å². The Bertz CT molecular complexity index is 312. The van der Waals surface area contributed by atoms with Crippen molar-refractivity contribution in [3.63, 3.8) is 0 Å². The van der Waals surface area contributed by atoms with Gasteiger partial charge in [0.2, 0.25) is 0 Å².